The van der Waals surface area contributed by atoms with Crippen molar-refractivity contribution in [3.63, 3.8) is 0 Å². The van der Waals surface area contributed by atoms with E-state index in [1.54, 1.807) is 6.20 Å². The number of rotatable bonds is 5. The Hall–Kier alpha value is -1.09. The molecule has 14 heavy (non-hydrogen) atoms. The molecule has 0 aliphatic carbocycles. The van der Waals surface area contributed by atoms with Gasteiger partial charge in [0, 0.05) is 18.3 Å². The largest absolute Gasteiger partial charge is 0.477 e. The average Bonchev–Trinajstić information content (AvgIpc) is 2.17. The van der Waals surface area contributed by atoms with Crippen molar-refractivity contribution < 1.29 is 4.74 Å². The molecule has 3 heteroatoms. The molecule has 0 fully saturated rings. The third-order valence-electron chi connectivity index (χ3n) is 1.77. The maximum Gasteiger partial charge on any atom is 0.217 e. The SMILES string of the molecule is CNCc1cccnc1OCC(C)C. The molecule has 78 valence electrons. The Morgan fingerprint density at radius 3 is 2.93 bits per heavy atom. The van der Waals surface area contributed by atoms with Gasteiger partial charge in [0.05, 0.1) is 6.61 Å². The number of pyridine rings is 1. The predicted molar refractivity (Wildman–Crippen MR) is 57.3 cm³/mol. The maximum absolute atomic E-state index is 5.60. The first-order chi connectivity index (χ1) is 6.74. The Kier molecular flexibility index (Phi) is 4.40. The average molecular weight is 194 g/mol. The fraction of sp³-hybridized carbons (Fsp3) is 0.545. The highest BCUT2D eigenvalue weighted by atomic mass is 16.5. The van der Waals surface area contributed by atoms with Crippen LogP contribution >= 0.6 is 0 Å². The van der Waals surface area contributed by atoms with Crippen LogP contribution in [0.4, 0.5) is 0 Å². The van der Waals surface area contributed by atoms with Crippen LogP contribution in [-0.2, 0) is 6.54 Å². The van der Waals surface area contributed by atoms with Gasteiger partial charge in [-0.25, -0.2) is 4.98 Å². The van der Waals surface area contributed by atoms with Gasteiger partial charge in [0.2, 0.25) is 5.88 Å². The number of aromatic nitrogens is 1. The van der Waals surface area contributed by atoms with E-state index in [0.717, 1.165) is 18.0 Å². The summed E-state index contributed by atoms with van der Waals surface area (Å²) in [5.74, 6) is 1.27. The smallest absolute Gasteiger partial charge is 0.217 e. The van der Waals surface area contributed by atoms with E-state index in [4.69, 9.17) is 4.74 Å². The number of ether oxygens (including phenoxy) is 1. The quantitative estimate of drug-likeness (QED) is 0.776. The van der Waals surface area contributed by atoms with Gasteiger partial charge in [0.25, 0.3) is 0 Å². The minimum absolute atomic E-state index is 0.527. The number of hydrogen-bond donors (Lipinski definition) is 1. The Morgan fingerprint density at radius 1 is 1.50 bits per heavy atom. The Morgan fingerprint density at radius 2 is 2.29 bits per heavy atom. The van der Waals surface area contributed by atoms with Gasteiger partial charge >= 0.3 is 0 Å². The van der Waals surface area contributed by atoms with E-state index in [2.05, 4.69) is 24.1 Å². The van der Waals surface area contributed by atoms with Crippen molar-refractivity contribution in [3.8, 4) is 5.88 Å². The fourth-order valence-electron chi connectivity index (χ4n) is 1.12. The van der Waals surface area contributed by atoms with Gasteiger partial charge in [-0.1, -0.05) is 19.9 Å². The molecule has 0 saturated heterocycles. The third-order valence-corrected chi connectivity index (χ3v) is 1.77. The molecule has 1 rings (SSSR count). The van der Waals surface area contributed by atoms with E-state index in [1.807, 2.05) is 19.2 Å². The van der Waals surface area contributed by atoms with Gasteiger partial charge in [0.15, 0.2) is 0 Å². The van der Waals surface area contributed by atoms with Crippen molar-refractivity contribution in [2.75, 3.05) is 13.7 Å². The normalized spacial score (nSPS) is 10.6. The molecule has 0 atom stereocenters. The summed E-state index contributed by atoms with van der Waals surface area (Å²) >= 11 is 0. The highest BCUT2D eigenvalue weighted by molar-refractivity contribution is 5.25. The monoisotopic (exact) mass is 194 g/mol. The molecule has 0 radical (unpaired) electrons. The lowest BCUT2D eigenvalue weighted by molar-refractivity contribution is 0.258. The minimum atomic E-state index is 0.527. The van der Waals surface area contributed by atoms with Crippen LogP contribution < -0.4 is 10.1 Å². The number of hydrogen-bond acceptors (Lipinski definition) is 3. The Labute approximate surface area is 85.5 Å². The van der Waals surface area contributed by atoms with Gasteiger partial charge in [-0.05, 0) is 19.0 Å². The van der Waals surface area contributed by atoms with Crippen molar-refractivity contribution in [3.05, 3.63) is 23.9 Å². The molecule has 1 heterocycles. The summed E-state index contributed by atoms with van der Waals surface area (Å²) < 4.78 is 5.60. The number of nitrogens with zero attached hydrogens (tertiary/aromatic N) is 1. The second-order valence-corrected chi connectivity index (χ2v) is 3.70. The van der Waals surface area contributed by atoms with Crippen molar-refractivity contribution in [2.24, 2.45) is 5.92 Å². The predicted octanol–water partition coefficient (Wildman–Crippen LogP) is 1.84. The standard InChI is InChI=1S/C11H18N2O/c1-9(2)8-14-11-10(7-12-3)5-4-6-13-11/h4-6,9,12H,7-8H2,1-3H3. The molecular weight excluding hydrogens is 176 g/mol. The van der Waals surface area contributed by atoms with E-state index < -0.39 is 0 Å². The third kappa shape index (κ3) is 3.34. The zero-order valence-electron chi connectivity index (χ0n) is 9.08. The summed E-state index contributed by atoms with van der Waals surface area (Å²) in [6.07, 6.45) is 1.76. The first kappa shape index (κ1) is 11.0. The van der Waals surface area contributed by atoms with Crippen LogP contribution in [0.3, 0.4) is 0 Å². The molecular formula is C11H18N2O. The van der Waals surface area contributed by atoms with Crippen LogP contribution in [-0.4, -0.2) is 18.6 Å². The van der Waals surface area contributed by atoms with E-state index in [9.17, 15) is 0 Å². The first-order valence-electron chi connectivity index (χ1n) is 4.95. The van der Waals surface area contributed by atoms with E-state index in [0.29, 0.717) is 12.5 Å². The van der Waals surface area contributed by atoms with Crippen LogP contribution in [0.1, 0.15) is 19.4 Å². The van der Waals surface area contributed by atoms with Gasteiger partial charge in [-0.3, -0.25) is 0 Å². The first-order valence-corrected chi connectivity index (χ1v) is 4.95. The van der Waals surface area contributed by atoms with Crippen LogP contribution in [0.25, 0.3) is 0 Å². The highest BCUT2D eigenvalue weighted by Gasteiger charge is 2.04. The van der Waals surface area contributed by atoms with Crippen LogP contribution in [0.5, 0.6) is 5.88 Å². The topological polar surface area (TPSA) is 34.2 Å². The summed E-state index contributed by atoms with van der Waals surface area (Å²) in [5.41, 5.74) is 1.11. The Balaban J connectivity index is 2.64. The van der Waals surface area contributed by atoms with Crippen molar-refractivity contribution in [2.45, 2.75) is 20.4 Å². The molecule has 1 aromatic heterocycles. The van der Waals surface area contributed by atoms with Gasteiger partial charge in [-0.15, -0.1) is 0 Å². The fourth-order valence-corrected chi connectivity index (χ4v) is 1.12. The zero-order valence-corrected chi connectivity index (χ0v) is 9.08. The second kappa shape index (κ2) is 5.60. The Bertz CT molecular complexity index is 274. The molecule has 0 aliphatic rings. The van der Waals surface area contributed by atoms with Crippen molar-refractivity contribution in [1.82, 2.24) is 10.3 Å². The lowest BCUT2D eigenvalue weighted by Gasteiger charge is -2.11. The van der Waals surface area contributed by atoms with Crippen molar-refractivity contribution >= 4 is 0 Å². The molecule has 1 N–H and O–H groups in total. The van der Waals surface area contributed by atoms with Gasteiger partial charge in [-0.2, -0.15) is 0 Å². The van der Waals surface area contributed by atoms with Gasteiger partial charge < -0.3 is 10.1 Å². The second-order valence-electron chi connectivity index (χ2n) is 3.70. The summed E-state index contributed by atoms with van der Waals surface area (Å²) in [7, 11) is 1.92. The molecule has 0 aromatic carbocycles. The molecule has 3 nitrogen and oxygen atoms in total. The highest BCUT2D eigenvalue weighted by Crippen LogP contribution is 2.14. The molecule has 0 unspecified atom stereocenters. The zero-order chi connectivity index (χ0) is 10.4. The molecule has 1 aromatic rings. The van der Waals surface area contributed by atoms with E-state index in [1.165, 1.54) is 0 Å². The van der Waals surface area contributed by atoms with E-state index in [-0.39, 0.29) is 0 Å². The lowest BCUT2D eigenvalue weighted by atomic mass is 10.2. The molecule has 0 saturated carbocycles. The van der Waals surface area contributed by atoms with Crippen LogP contribution in [0, 0.1) is 5.92 Å². The summed E-state index contributed by atoms with van der Waals surface area (Å²) in [5, 5.41) is 3.09. The maximum atomic E-state index is 5.60. The van der Waals surface area contributed by atoms with E-state index >= 15 is 0 Å². The summed E-state index contributed by atoms with van der Waals surface area (Å²) in [4.78, 5) is 4.21. The molecule has 0 bridgehead atoms. The minimum Gasteiger partial charge on any atom is -0.477 e. The van der Waals surface area contributed by atoms with Crippen LogP contribution in [0.15, 0.2) is 18.3 Å². The van der Waals surface area contributed by atoms with Gasteiger partial charge in [0.1, 0.15) is 0 Å². The lowest BCUT2D eigenvalue weighted by Crippen LogP contribution is -2.11. The molecule has 0 aliphatic heterocycles. The van der Waals surface area contributed by atoms with Crippen LogP contribution in [0.2, 0.25) is 0 Å². The number of nitrogens with one attached hydrogen (secondary N) is 1. The molecule has 0 spiro atoms. The summed E-state index contributed by atoms with van der Waals surface area (Å²) in [6.45, 7) is 5.76. The molecule has 0 amide bonds. The van der Waals surface area contributed by atoms with Crippen molar-refractivity contribution in [1.29, 1.82) is 0 Å². The summed E-state index contributed by atoms with van der Waals surface area (Å²) in [6, 6.07) is 3.95.